The number of aliphatic imine (C=N–C) groups is 1. The first-order valence-corrected chi connectivity index (χ1v) is 8.21. The van der Waals surface area contributed by atoms with Gasteiger partial charge in [0.05, 0.1) is 11.4 Å². The molecule has 2 N–H and O–H groups in total. The molecule has 0 spiro atoms. The quantitative estimate of drug-likeness (QED) is 0.902. The van der Waals surface area contributed by atoms with Gasteiger partial charge in [-0.2, -0.15) is 0 Å². The molecule has 0 saturated heterocycles. The Kier molecular flexibility index (Phi) is 4.01. The second kappa shape index (κ2) is 5.93. The smallest absolute Gasteiger partial charge is 0.257 e. The number of thioether (sulfide) groups is 1. The Balaban J connectivity index is 1.90. The molecule has 3 rings (SSSR count). The average Bonchev–Trinajstić information content (AvgIpc) is 3.05. The molecule has 1 aromatic carbocycles. The predicted molar refractivity (Wildman–Crippen MR) is 86.4 cm³/mol. The molecule has 0 saturated carbocycles. The van der Waals surface area contributed by atoms with E-state index < -0.39 is 0 Å². The minimum absolute atomic E-state index is 0.117. The molecule has 2 aliphatic rings. The third-order valence-electron chi connectivity index (χ3n) is 3.73. The lowest BCUT2D eigenvalue weighted by atomic mass is 10.1. The number of aliphatic hydroxyl groups excluding tert-OH is 1. The number of nitrogens with zero attached hydrogens (tertiary/aromatic N) is 1. The third-order valence-corrected chi connectivity index (χ3v) is 4.71. The number of aryl methyl sites for hydroxylation is 2. The molecule has 0 atom stereocenters. The number of aliphatic hydroxyl groups is 1. The highest BCUT2D eigenvalue weighted by molar-refractivity contribution is 8.15. The normalized spacial score (nSPS) is 19.2. The summed E-state index contributed by atoms with van der Waals surface area (Å²) in [4.78, 5) is 16.6. The molecule has 110 valence electrons. The highest BCUT2D eigenvalue weighted by atomic mass is 32.2. The molecular weight excluding hydrogens is 284 g/mol. The van der Waals surface area contributed by atoms with Gasteiger partial charge in [-0.3, -0.25) is 4.79 Å². The maximum absolute atomic E-state index is 12.0. The summed E-state index contributed by atoms with van der Waals surface area (Å²) in [7, 11) is 0. The zero-order chi connectivity index (χ0) is 14.8. The van der Waals surface area contributed by atoms with Crippen LogP contribution < -0.4 is 5.32 Å². The maximum Gasteiger partial charge on any atom is 0.257 e. The first kappa shape index (κ1) is 14.2. The Morgan fingerprint density at radius 1 is 1.38 bits per heavy atom. The van der Waals surface area contributed by atoms with Crippen molar-refractivity contribution in [3.63, 3.8) is 0 Å². The lowest BCUT2D eigenvalue weighted by Gasteiger charge is -2.06. The zero-order valence-electron chi connectivity index (χ0n) is 12.0. The van der Waals surface area contributed by atoms with E-state index in [2.05, 4.69) is 22.4 Å². The molecule has 4 nitrogen and oxygen atoms in total. The molecule has 0 radical (unpaired) electrons. The first-order valence-electron chi connectivity index (χ1n) is 7.23. The van der Waals surface area contributed by atoms with Gasteiger partial charge in [0.15, 0.2) is 0 Å². The molecule has 1 heterocycles. The van der Waals surface area contributed by atoms with Gasteiger partial charge < -0.3 is 10.4 Å². The Morgan fingerprint density at radius 3 is 3.00 bits per heavy atom. The van der Waals surface area contributed by atoms with Crippen molar-refractivity contribution in [2.75, 3.05) is 12.3 Å². The summed E-state index contributed by atoms with van der Waals surface area (Å²) < 4.78 is 0. The molecule has 0 fully saturated rings. The summed E-state index contributed by atoms with van der Waals surface area (Å²) in [5.74, 6) is 0.279. The van der Waals surface area contributed by atoms with Crippen molar-refractivity contribution < 1.29 is 9.90 Å². The number of fused-ring (bicyclic) bond motifs is 1. The SMILES string of the molecule is CCNC(=O)C1=C(O)CSC1=Nc1ccc2c(c1)CCC2. The monoisotopic (exact) mass is 302 g/mol. The van der Waals surface area contributed by atoms with Crippen LogP contribution in [0.15, 0.2) is 34.5 Å². The van der Waals surface area contributed by atoms with Gasteiger partial charge in [0, 0.05) is 6.54 Å². The Hall–Kier alpha value is -1.75. The fraction of sp³-hybridized carbons (Fsp3) is 0.375. The van der Waals surface area contributed by atoms with Crippen molar-refractivity contribution in [2.24, 2.45) is 4.99 Å². The standard InChI is InChI=1S/C16H18N2O2S/c1-2-17-15(20)14-13(19)9-21-16(14)18-12-7-6-10-4-3-5-11(10)8-12/h6-8,19H,2-5,9H2,1H3,(H,17,20). The second-order valence-corrected chi connectivity index (χ2v) is 6.16. The summed E-state index contributed by atoms with van der Waals surface area (Å²) in [6, 6.07) is 6.21. The number of likely N-dealkylation sites (N-methyl/N-ethyl adjacent to an activating group) is 1. The van der Waals surface area contributed by atoms with Crippen LogP contribution in [0, 0.1) is 0 Å². The molecule has 0 aromatic heterocycles. The van der Waals surface area contributed by atoms with Gasteiger partial charge in [-0.15, -0.1) is 0 Å². The van der Waals surface area contributed by atoms with E-state index in [-0.39, 0.29) is 11.7 Å². The van der Waals surface area contributed by atoms with Gasteiger partial charge >= 0.3 is 0 Å². The van der Waals surface area contributed by atoms with Crippen molar-refractivity contribution in [2.45, 2.75) is 26.2 Å². The lowest BCUT2D eigenvalue weighted by molar-refractivity contribution is -0.117. The molecule has 0 bridgehead atoms. The minimum atomic E-state index is -0.250. The van der Waals surface area contributed by atoms with Crippen LogP contribution in [0.25, 0.3) is 0 Å². The highest BCUT2D eigenvalue weighted by Crippen LogP contribution is 2.31. The van der Waals surface area contributed by atoms with Crippen LogP contribution in [0.3, 0.4) is 0 Å². The van der Waals surface area contributed by atoms with E-state index in [1.807, 2.05) is 13.0 Å². The topological polar surface area (TPSA) is 61.7 Å². The number of amides is 1. The fourth-order valence-electron chi connectivity index (χ4n) is 2.71. The number of nitrogens with one attached hydrogen (secondary N) is 1. The van der Waals surface area contributed by atoms with Crippen molar-refractivity contribution in [3.8, 4) is 0 Å². The highest BCUT2D eigenvalue weighted by Gasteiger charge is 2.27. The largest absolute Gasteiger partial charge is 0.510 e. The number of benzene rings is 1. The van der Waals surface area contributed by atoms with Crippen molar-refractivity contribution >= 4 is 28.4 Å². The number of carbonyl (C=O) groups is 1. The van der Waals surface area contributed by atoms with Gasteiger partial charge in [-0.05, 0) is 49.4 Å². The zero-order valence-corrected chi connectivity index (χ0v) is 12.8. The Bertz CT molecular complexity index is 650. The Morgan fingerprint density at radius 2 is 2.19 bits per heavy atom. The van der Waals surface area contributed by atoms with Crippen LogP contribution in [-0.2, 0) is 17.6 Å². The maximum atomic E-state index is 12.0. The fourth-order valence-corrected chi connectivity index (χ4v) is 3.66. The predicted octanol–water partition coefficient (Wildman–Crippen LogP) is 2.90. The van der Waals surface area contributed by atoms with E-state index in [0.29, 0.717) is 22.9 Å². The van der Waals surface area contributed by atoms with E-state index in [1.165, 1.54) is 29.3 Å². The van der Waals surface area contributed by atoms with Gasteiger partial charge in [0.25, 0.3) is 5.91 Å². The minimum Gasteiger partial charge on any atom is -0.510 e. The van der Waals surface area contributed by atoms with Crippen LogP contribution in [0.5, 0.6) is 0 Å². The third kappa shape index (κ3) is 2.83. The summed E-state index contributed by atoms with van der Waals surface area (Å²) in [5, 5.41) is 13.2. The molecule has 1 aromatic rings. The van der Waals surface area contributed by atoms with Crippen LogP contribution in [-0.4, -0.2) is 28.4 Å². The number of hydrogen-bond acceptors (Lipinski definition) is 4. The molecule has 21 heavy (non-hydrogen) atoms. The summed E-state index contributed by atoms with van der Waals surface area (Å²) in [6.07, 6.45) is 3.45. The number of rotatable bonds is 3. The number of hydrogen-bond donors (Lipinski definition) is 2. The summed E-state index contributed by atoms with van der Waals surface area (Å²) in [5.41, 5.74) is 3.94. The van der Waals surface area contributed by atoms with Crippen molar-refractivity contribution in [1.29, 1.82) is 0 Å². The van der Waals surface area contributed by atoms with Gasteiger partial charge in [-0.1, -0.05) is 17.8 Å². The Labute approximate surface area is 128 Å². The number of carbonyl (C=O) groups excluding carboxylic acids is 1. The van der Waals surface area contributed by atoms with Gasteiger partial charge in [0.1, 0.15) is 16.4 Å². The molecule has 1 amide bonds. The van der Waals surface area contributed by atoms with E-state index in [0.717, 1.165) is 18.5 Å². The average molecular weight is 302 g/mol. The van der Waals surface area contributed by atoms with E-state index in [9.17, 15) is 9.90 Å². The summed E-state index contributed by atoms with van der Waals surface area (Å²) in [6.45, 7) is 2.39. The van der Waals surface area contributed by atoms with E-state index >= 15 is 0 Å². The van der Waals surface area contributed by atoms with Gasteiger partial charge in [-0.25, -0.2) is 4.99 Å². The van der Waals surface area contributed by atoms with Crippen molar-refractivity contribution in [1.82, 2.24) is 5.32 Å². The first-order chi connectivity index (χ1) is 10.2. The van der Waals surface area contributed by atoms with E-state index in [4.69, 9.17) is 0 Å². The van der Waals surface area contributed by atoms with Crippen LogP contribution in [0.2, 0.25) is 0 Å². The van der Waals surface area contributed by atoms with Crippen molar-refractivity contribution in [3.05, 3.63) is 40.7 Å². The molecule has 1 aliphatic carbocycles. The van der Waals surface area contributed by atoms with E-state index in [1.54, 1.807) is 0 Å². The van der Waals surface area contributed by atoms with Crippen LogP contribution in [0.1, 0.15) is 24.5 Å². The second-order valence-electron chi connectivity index (χ2n) is 5.19. The van der Waals surface area contributed by atoms with Crippen LogP contribution >= 0.6 is 11.8 Å². The molecule has 1 aliphatic heterocycles. The molecular formula is C16H18N2O2S. The lowest BCUT2D eigenvalue weighted by Crippen LogP contribution is -2.27. The summed E-state index contributed by atoms with van der Waals surface area (Å²) >= 11 is 1.41. The molecule has 5 heteroatoms. The van der Waals surface area contributed by atoms with Gasteiger partial charge in [0.2, 0.25) is 0 Å². The van der Waals surface area contributed by atoms with Crippen LogP contribution in [0.4, 0.5) is 5.69 Å². The molecule has 0 unspecified atom stereocenters.